The zero-order chi connectivity index (χ0) is 15.2. The Morgan fingerprint density at radius 3 is 2.48 bits per heavy atom. The molecule has 0 radical (unpaired) electrons. The molecule has 1 aromatic rings. The first-order chi connectivity index (χ1) is 10.1. The third-order valence-corrected chi connectivity index (χ3v) is 3.84. The highest BCUT2D eigenvalue weighted by Crippen LogP contribution is 2.37. The zero-order valence-electron chi connectivity index (χ0n) is 13.6. The molecule has 1 aliphatic heterocycles. The predicted octanol–water partition coefficient (Wildman–Crippen LogP) is 3.03. The molecule has 0 amide bonds. The minimum Gasteiger partial charge on any atom is -0.496 e. The Morgan fingerprint density at radius 1 is 1.14 bits per heavy atom. The normalized spacial score (nSPS) is 18.6. The van der Waals surface area contributed by atoms with E-state index in [1.54, 1.807) is 14.2 Å². The highest BCUT2D eigenvalue weighted by molar-refractivity contribution is 5.51. The van der Waals surface area contributed by atoms with Crippen LogP contribution in [0.5, 0.6) is 17.2 Å². The van der Waals surface area contributed by atoms with Crippen molar-refractivity contribution in [2.75, 3.05) is 27.3 Å². The standard InChI is InChI=1S/C17H27NO3/c1-12(2)21-17-10-15(19-3)14(9-16(17)20-4)8-13-6-5-7-18-11-13/h9-10,12-13,18H,5-8,11H2,1-4H3. The molecule has 0 aliphatic carbocycles. The van der Waals surface area contributed by atoms with Crippen LogP contribution in [0.1, 0.15) is 32.3 Å². The Hall–Kier alpha value is -1.42. The quantitative estimate of drug-likeness (QED) is 0.875. The van der Waals surface area contributed by atoms with Gasteiger partial charge in [0.05, 0.1) is 20.3 Å². The number of ether oxygens (including phenoxy) is 3. The van der Waals surface area contributed by atoms with E-state index in [0.717, 1.165) is 36.8 Å². The maximum Gasteiger partial charge on any atom is 0.165 e. The van der Waals surface area contributed by atoms with Crippen molar-refractivity contribution in [1.82, 2.24) is 5.32 Å². The fraction of sp³-hybridized carbons (Fsp3) is 0.647. The van der Waals surface area contributed by atoms with E-state index >= 15 is 0 Å². The van der Waals surface area contributed by atoms with Crippen LogP contribution >= 0.6 is 0 Å². The first kappa shape index (κ1) is 16.0. The first-order valence-electron chi connectivity index (χ1n) is 7.76. The summed E-state index contributed by atoms with van der Waals surface area (Å²) in [7, 11) is 3.39. The molecule has 1 aliphatic rings. The molecule has 1 saturated heterocycles. The molecule has 0 bridgehead atoms. The predicted molar refractivity (Wildman–Crippen MR) is 84.6 cm³/mol. The molecule has 4 heteroatoms. The van der Waals surface area contributed by atoms with Gasteiger partial charge in [-0.3, -0.25) is 0 Å². The Labute approximate surface area is 127 Å². The zero-order valence-corrected chi connectivity index (χ0v) is 13.6. The molecule has 4 nitrogen and oxygen atoms in total. The Balaban J connectivity index is 2.22. The summed E-state index contributed by atoms with van der Waals surface area (Å²) in [6.45, 7) is 6.23. The summed E-state index contributed by atoms with van der Waals surface area (Å²) in [6, 6.07) is 4.01. The second-order valence-electron chi connectivity index (χ2n) is 5.90. The highest BCUT2D eigenvalue weighted by atomic mass is 16.5. The maximum atomic E-state index is 5.81. The lowest BCUT2D eigenvalue weighted by atomic mass is 9.92. The number of hydrogen-bond donors (Lipinski definition) is 1. The lowest BCUT2D eigenvalue weighted by molar-refractivity contribution is 0.228. The third kappa shape index (κ3) is 4.27. The number of nitrogens with one attached hydrogen (secondary N) is 1. The molecule has 1 fully saturated rings. The number of benzene rings is 1. The molecule has 0 saturated carbocycles. The lowest BCUT2D eigenvalue weighted by Gasteiger charge is -2.24. The van der Waals surface area contributed by atoms with Gasteiger partial charge in [-0.25, -0.2) is 0 Å². The monoisotopic (exact) mass is 293 g/mol. The minimum atomic E-state index is 0.108. The van der Waals surface area contributed by atoms with E-state index in [1.807, 2.05) is 19.9 Å². The van der Waals surface area contributed by atoms with E-state index < -0.39 is 0 Å². The van der Waals surface area contributed by atoms with E-state index in [1.165, 1.54) is 18.4 Å². The third-order valence-electron chi connectivity index (χ3n) is 3.84. The fourth-order valence-corrected chi connectivity index (χ4v) is 2.85. The number of piperidine rings is 1. The van der Waals surface area contributed by atoms with Gasteiger partial charge in [0.15, 0.2) is 11.5 Å². The number of methoxy groups -OCH3 is 2. The van der Waals surface area contributed by atoms with E-state index in [2.05, 4.69) is 11.4 Å². The molecule has 21 heavy (non-hydrogen) atoms. The lowest BCUT2D eigenvalue weighted by Crippen LogP contribution is -2.30. The molecule has 1 heterocycles. The van der Waals surface area contributed by atoms with Gasteiger partial charge in [-0.1, -0.05) is 0 Å². The van der Waals surface area contributed by atoms with Crippen LogP contribution in [0.3, 0.4) is 0 Å². The van der Waals surface area contributed by atoms with Crippen LogP contribution < -0.4 is 19.5 Å². The Morgan fingerprint density at radius 2 is 1.90 bits per heavy atom. The summed E-state index contributed by atoms with van der Waals surface area (Å²) in [5.74, 6) is 3.07. The smallest absolute Gasteiger partial charge is 0.165 e. The van der Waals surface area contributed by atoms with Crippen molar-refractivity contribution in [2.45, 2.75) is 39.2 Å². The van der Waals surface area contributed by atoms with Crippen molar-refractivity contribution < 1.29 is 14.2 Å². The molecule has 0 aromatic heterocycles. The average Bonchev–Trinajstić information content (AvgIpc) is 2.48. The van der Waals surface area contributed by atoms with E-state index in [9.17, 15) is 0 Å². The molecule has 1 unspecified atom stereocenters. The van der Waals surface area contributed by atoms with Gasteiger partial charge in [-0.05, 0) is 63.7 Å². The number of rotatable bonds is 6. The molecule has 2 rings (SSSR count). The molecule has 0 spiro atoms. The van der Waals surface area contributed by atoms with Crippen molar-refractivity contribution in [2.24, 2.45) is 5.92 Å². The van der Waals surface area contributed by atoms with Gasteiger partial charge in [0.25, 0.3) is 0 Å². The SMILES string of the molecule is COc1cc(OC(C)C)c(OC)cc1CC1CCCNC1. The van der Waals surface area contributed by atoms with Crippen LogP contribution in [-0.2, 0) is 6.42 Å². The molecule has 118 valence electrons. The van der Waals surface area contributed by atoms with Gasteiger partial charge in [-0.15, -0.1) is 0 Å². The van der Waals surface area contributed by atoms with E-state index in [0.29, 0.717) is 5.92 Å². The molecule has 1 aromatic carbocycles. The molecule has 1 atom stereocenters. The van der Waals surface area contributed by atoms with E-state index in [4.69, 9.17) is 14.2 Å². The summed E-state index contributed by atoms with van der Waals surface area (Å²) < 4.78 is 16.8. The van der Waals surface area contributed by atoms with Crippen LogP contribution in [0.2, 0.25) is 0 Å². The van der Waals surface area contributed by atoms with Crippen molar-refractivity contribution in [3.8, 4) is 17.2 Å². The second-order valence-corrected chi connectivity index (χ2v) is 5.90. The van der Waals surface area contributed by atoms with Crippen LogP contribution in [0, 0.1) is 5.92 Å². The molecule has 1 N–H and O–H groups in total. The van der Waals surface area contributed by atoms with Gasteiger partial charge in [0.1, 0.15) is 5.75 Å². The van der Waals surface area contributed by atoms with Crippen molar-refractivity contribution >= 4 is 0 Å². The highest BCUT2D eigenvalue weighted by Gasteiger charge is 2.19. The Bertz CT molecular complexity index is 454. The Kier molecular flexibility index (Phi) is 5.74. The second kappa shape index (κ2) is 7.55. The van der Waals surface area contributed by atoms with Gasteiger partial charge < -0.3 is 19.5 Å². The van der Waals surface area contributed by atoms with Gasteiger partial charge in [0, 0.05) is 6.07 Å². The van der Waals surface area contributed by atoms with Gasteiger partial charge in [0.2, 0.25) is 0 Å². The summed E-state index contributed by atoms with van der Waals surface area (Å²) in [6.07, 6.45) is 3.63. The molecular formula is C17H27NO3. The first-order valence-corrected chi connectivity index (χ1v) is 7.76. The van der Waals surface area contributed by atoms with E-state index in [-0.39, 0.29) is 6.10 Å². The summed E-state index contributed by atoms with van der Waals surface area (Å²) in [5, 5.41) is 3.46. The number of hydrogen-bond acceptors (Lipinski definition) is 4. The topological polar surface area (TPSA) is 39.7 Å². The van der Waals surface area contributed by atoms with Gasteiger partial charge >= 0.3 is 0 Å². The van der Waals surface area contributed by atoms with Crippen molar-refractivity contribution in [3.05, 3.63) is 17.7 Å². The van der Waals surface area contributed by atoms with Crippen LogP contribution in [0.15, 0.2) is 12.1 Å². The van der Waals surface area contributed by atoms with Crippen molar-refractivity contribution in [3.63, 3.8) is 0 Å². The summed E-state index contributed by atoms with van der Waals surface area (Å²) in [4.78, 5) is 0. The summed E-state index contributed by atoms with van der Waals surface area (Å²) in [5.41, 5.74) is 1.19. The summed E-state index contributed by atoms with van der Waals surface area (Å²) >= 11 is 0. The average molecular weight is 293 g/mol. The van der Waals surface area contributed by atoms with Crippen LogP contribution in [0.4, 0.5) is 0 Å². The molecular weight excluding hydrogens is 266 g/mol. The maximum absolute atomic E-state index is 5.81. The van der Waals surface area contributed by atoms with Crippen LogP contribution in [-0.4, -0.2) is 33.4 Å². The fourth-order valence-electron chi connectivity index (χ4n) is 2.85. The largest absolute Gasteiger partial charge is 0.496 e. The van der Waals surface area contributed by atoms with Gasteiger partial charge in [-0.2, -0.15) is 0 Å². The van der Waals surface area contributed by atoms with Crippen LogP contribution in [0.25, 0.3) is 0 Å². The van der Waals surface area contributed by atoms with Crippen molar-refractivity contribution in [1.29, 1.82) is 0 Å². The minimum absolute atomic E-state index is 0.108.